The Balaban J connectivity index is 1.12. The van der Waals surface area contributed by atoms with Gasteiger partial charge in [-0.2, -0.15) is 0 Å². The lowest BCUT2D eigenvalue weighted by Gasteiger charge is -2.29. The molecule has 4 heterocycles. The first-order chi connectivity index (χ1) is 19.9. The van der Waals surface area contributed by atoms with E-state index in [0.717, 1.165) is 56.1 Å². The molecule has 2 fully saturated rings. The Bertz CT molecular complexity index is 1530. The summed E-state index contributed by atoms with van der Waals surface area (Å²) in [7, 11) is 0. The number of carbonyl (C=O) groups excluding carboxylic acids is 2. The summed E-state index contributed by atoms with van der Waals surface area (Å²) in [5, 5.41) is 16.2. The number of fused-ring (bicyclic) bond motifs is 1. The van der Waals surface area contributed by atoms with Crippen molar-refractivity contribution in [2.24, 2.45) is 11.7 Å². The van der Waals surface area contributed by atoms with Gasteiger partial charge in [0.15, 0.2) is 17.2 Å². The number of anilines is 3. The molecule has 0 unspecified atom stereocenters. The molecule has 0 radical (unpaired) electrons. The zero-order valence-corrected chi connectivity index (χ0v) is 23.2. The van der Waals surface area contributed by atoms with Crippen molar-refractivity contribution >= 4 is 45.9 Å². The van der Waals surface area contributed by atoms with Crippen molar-refractivity contribution in [2.45, 2.75) is 69.5 Å². The summed E-state index contributed by atoms with van der Waals surface area (Å²) in [6.45, 7) is 0. The maximum atomic E-state index is 14.1. The van der Waals surface area contributed by atoms with E-state index < -0.39 is 17.8 Å². The number of amides is 1. The van der Waals surface area contributed by atoms with E-state index >= 15 is 0 Å². The molecule has 0 aliphatic heterocycles. The van der Waals surface area contributed by atoms with Gasteiger partial charge in [0.05, 0.1) is 41.0 Å². The van der Waals surface area contributed by atoms with Crippen LogP contribution in [0.1, 0.15) is 61.1 Å². The Morgan fingerprint density at radius 3 is 2.59 bits per heavy atom. The molecule has 13 heteroatoms. The van der Waals surface area contributed by atoms with Crippen LogP contribution in [-0.2, 0) is 11.2 Å². The first kappa shape index (κ1) is 27.2. The molecule has 5 N–H and O–H groups in total. The molecule has 214 valence electrons. The van der Waals surface area contributed by atoms with Crippen LogP contribution < -0.4 is 21.7 Å². The molecule has 0 saturated heterocycles. The third-order valence-electron chi connectivity index (χ3n) is 7.67. The molecule has 4 aromatic heterocycles. The maximum Gasteiger partial charge on any atom is 0.276 e. The number of aromatic nitrogens is 5. The lowest BCUT2D eigenvalue weighted by molar-refractivity contribution is -0.121. The van der Waals surface area contributed by atoms with Gasteiger partial charge in [-0.05, 0) is 50.5 Å². The first-order valence-corrected chi connectivity index (χ1v) is 14.9. The Kier molecular flexibility index (Phi) is 7.88. The van der Waals surface area contributed by atoms with E-state index in [1.807, 2.05) is 11.4 Å². The van der Waals surface area contributed by atoms with Crippen molar-refractivity contribution in [3.63, 3.8) is 0 Å². The normalized spacial score (nSPS) is 19.6. The van der Waals surface area contributed by atoms with Crippen LogP contribution in [0.5, 0.6) is 0 Å². The molecule has 0 spiro atoms. The van der Waals surface area contributed by atoms with E-state index in [0.29, 0.717) is 36.3 Å². The fourth-order valence-electron chi connectivity index (χ4n) is 5.24. The van der Waals surface area contributed by atoms with Gasteiger partial charge in [0.25, 0.3) is 5.91 Å². The molecule has 2 aliphatic rings. The minimum Gasteiger partial charge on any atom is -0.379 e. The van der Waals surface area contributed by atoms with Crippen LogP contribution in [0, 0.1) is 11.7 Å². The second kappa shape index (κ2) is 11.9. The zero-order valence-electron chi connectivity index (χ0n) is 22.4. The van der Waals surface area contributed by atoms with E-state index in [9.17, 15) is 14.0 Å². The highest BCUT2D eigenvalue weighted by Crippen LogP contribution is 2.32. The summed E-state index contributed by atoms with van der Waals surface area (Å²) >= 11 is 1.51. The van der Waals surface area contributed by atoms with Crippen LogP contribution in [0.3, 0.4) is 0 Å². The number of rotatable bonds is 11. The number of halogens is 1. The van der Waals surface area contributed by atoms with E-state index in [-0.39, 0.29) is 23.2 Å². The van der Waals surface area contributed by atoms with Gasteiger partial charge < -0.3 is 21.7 Å². The number of carbonyl (C=O) groups is 2. The van der Waals surface area contributed by atoms with Crippen molar-refractivity contribution in [1.82, 2.24) is 24.6 Å². The third-order valence-corrected chi connectivity index (χ3v) is 8.31. The molecule has 0 aromatic carbocycles. The van der Waals surface area contributed by atoms with Crippen LogP contribution in [0.2, 0.25) is 0 Å². The fraction of sp³-hybridized carbons (Fsp3) is 0.429. The highest BCUT2D eigenvalue weighted by molar-refractivity contribution is 7.07. The number of hydrogen-bond donors (Lipinski definition) is 4. The minimum atomic E-state index is -0.625. The van der Waals surface area contributed by atoms with Crippen molar-refractivity contribution in [3.05, 3.63) is 58.8 Å². The summed E-state index contributed by atoms with van der Waals surface area (Å²) in [6, 6.07) is 3.35. The minimum absolute atomic E-state index is 0.0323. The second-order valence-corrected chi connectivity index (χ2v) is 11.6. The standard InChI is InChI=1S/C28H32FN9O2S/c29-20-12-31-8-7-22(20)36-28(40)24-13-32-27-23(34-17-5-6-17)11-26(37-38(24)27)35-18-3-1-16(2-4-18)9-25(39)21(30)10-19-14-41-15-33-19/h7-8,11-18,21,34H,1-6,9-10,30H2,(H,35,37)(H,31,36,40)/t16?,18?,21-/m1/s1. The maximum absolute atomic E-state index is 14.1. The molecule has 11 nitrogen and oxygen atoms in total. The van der Waals surface area contributed by atoms with Crippen LogP contribution >= 0.6 is 11.3 Å². The number of hydrogen-bond acceptors (Lipinski definition) is 10. The van der Waals surface area contributed by atoms with Gasteiger partial charge in [0.2, 0.25) is 0 Å². The molecular formula is C28H32FN9O2S. The number of imidazole rings is 1. The lowest BCUT2D eigenvalue weighted by Crippen LogP contribution is -2.35. The summed E-state index contributed by atoms with van der Waals surface area (Å²) in [4.78, 5) is 38.2. The average Bonchev–Trinajstić information content (AvgIpc) is 3.43. The van der Waals surface area contributed by atoms with Crippen LogP contribution in [0.4, 0.5) is 21.6 Å². The summed E-state index contributed by atoms with van der Waals surface area (Å²) in [6.07, 6.45) is 10.6. The van der Waals surface area contributed by atoms with Crippen molar-refractivity contribution < 1.29 is 14.0 Å². The molecule has 6 rings (SSSR count). The molecule has 41 heavy (non-hydrogen) atoms. The molecule has 1 atom stereocenters. The number of pyridine rings is 1. The fourth-order valence-corrected chi connectivity index (χ4v) is 5.82. The monoisotopic (exact) mass is 577 g/mol. The molecule has 0 bridgehead atoms. The van der Waals surface area contributed by atoms with Gasteiger partial charge in [-0.3, -0.25) is 14.6 Å². The molecular weight excluding hydrogens is 545 g/mol. The van der Waals surface area contributed by atoms with Gasteiger partial charge in [0.1, 0.15) is 11.6 Å². The topological polar surface area (TPSA) is 152 Å². The largest absolute Gasteiger partial charge is 0.379 e. The van der Waals surface area contributed by atoms with Crippen molar-refractivity contribution in [3.8, 4) is 0 Å². The number of Topliss-reactive ketones (excluding diaryl/α,β-unsaturated/α-hetero) is 1. The van der Waals surface area contributed by atoms with E-state index in [4.69, 9.17) is 5.73 Å². The SMILES string of the molecule is N[C@H](Cc1cscn1)C(=O)CC1CCC(Nc2cc(NC3CC3)c3ncc(C(=O)Nc4ccncc4F)n3n2)CC1. The Morgan fingerprint density at radius 1 is 1.07 bits per heavy atom. The average molecular weight is 578 g/mol. The predicted molar refractivity (Wildman–Crippen MR) is 155 cm³/mol. The highest BCUT2D eigenvalue weighted by atomic mass is 32.1. The summed E-state index contributed by atoms with van der Waals surface area (Å²) in [5.41, 5.74) is 10.3. The van der Waals surface area contributed by atoms with Gasteiger partial charge in [-0.25, -0.2) is 18.9 Å². The first-order valence-electron chi connectivity index (χ1n) is 13.9. The Hall–Kier alpha value is -3.97. The molecule has 2 saturated carbocycles. The molecule has 4 aromatic rings. The van der Waals surface area contributed by atoms with Crippen molar-refractivity contribution in [1.29, 1.82) is 0 Å². The van der Waals surface area contributed by atoms with E-state index in [1.165, 1.54) is 34.3 Å². The summed E-state index contributed by atoms with van der Waals surface area (Å²) < 4.78 is 15.6. The Morgan fingerprint density at radius 2 is 1.85 bits per heavy atom. The van der Waals surface area contributed by atoms with Gasteiger partial charge in [-0.15, -0.1) is 16.4 Å². The highest BCUT2D eigenvalue weighted by Gasteiger charge is 2.28. The van der Waals surface area contributed by atoms with Gasteiger partial charge >= 0.3 is 0 Å². The predicted octanol–water partition coefficient (Wildman–Crippen LogP) is 4.05. The number of nitrogens with two attached hydrogens (primary N) is 1. The second-order valence-electron chi connectivity index (χ2n) is 10.9. The number of ketones is 1. The zero-order chi connectivity index (χ0) is 28.3. The number of thiazole rings is 1. The van der Waals surface area contributed by atoms with Gasteiger partial charge in [-0.1, -0.05) is 0 Å². The number of nitrogens with one attached hydrogen (secondary N) is 3. The molecule has 1 amide bonds. The lowest BCUT2D eigenvalue weighted by atomic mass is 9.82. The molecule has 2 aliphatic carbocycles. The van der Waals surface area contributed by atoms with Crippen LogP contribution in [0.15, 0.2) is 41.6 Å². The van der Waals surface area contributed by atoms with Gasteiger partial charge in [0, 0.05) is 42.6 Å². The quantitative estimate of drug-likeness (QED) is 0.207. The van der Waals surface area contributed by atoms with E-state index in [1.54, 1.807) is 5.51 Å². The Labute approximate surface area is 240 Å². The van der Waals surface area contributed by atoms with E-state index in [2.05, 4.69) is 36.0 Å². The summed E-state index contributed by atoms with van der Waals surface area (Å²) in [5.74, 6) is -0.132. The van der Waals surface area contributed by atoms with Crippen molar-refractivity contribution in [2.75, 3.05) is 16.0 Å². The third kappa shape index (κ3) is 6.51. The smallest absolute Gasteiger partial charge is 0.276 e. The number of nitrogens with zero attached hydrogens (tertiary/aromatic N) is 5. The van der Waals surface area contributed by atoms with Crippen LogP contribution in [-0.4, -0.2) is 54.4 Å². The van der Waals surface area contributed by atoms with Crippen LogP contribution in [0.25, 0.3) is 5.65 Å².